The van der Waals surface area contributed by atoms with Crippen molar-refractivity contribution in [1.29, 1.82) is 5.26 Å². The minimum atomic E-state index is -0.849. The van der Waals surface area contributed by atoms with Gasteiger partial charge in [-0.1, -0.05) is 32.9 Å². The van der Waals surface area contributed by atoms with Crippen molar-refractivity contribution in [2.24, 2.45) is 11.3 Å². The maximum Gasteiger partial charge on any atom is 0.162 e. The van der Waals surface area contributed by atoms with Gasteiger partial charge >= 0.3 is 0 Å². The van der Waals surface area contributed by atoms with E-state index in [1.807, 2.05) is 0 Å². The number of halogens is 2. The van der Waals surface area contributed by atoms with E-state index in [4.69, 9.17) is 0 Å². The summed E-state index contributed by atoms with van der Waals surface area (Å²) in [6.07, 6.45) is 0.832. The molecule has 1 aliphatic rings. The Labute approximate surface area is 118 Å². The van der Waals surface area contributed by atoms with Gasteiger partial charge in [0.25, 0.3) is 0 Å². The Morgan fingerprint density at radius 3 is 2.65 bits per heavy atom. The fourth-order valence-electron chi connectivity index (χ4n) is 2.96. The fraction of sp³-hybridized carbons (Fsp3) is 0.562. The van der Waals surface area contributed by atoms with Crippen molar-refractivity contribution in [1.82, 2.24) is 5.32 Å². The molecule has 0 aromatic heterocycles. The summed E-state index contributed by atoms with van der Waals surface area (Å²) in [7, 11) is 0. The Morgan fingerprint density at radius 2 is 2.05 bits per heavy atom. The number of hydrogen-bond acceptors (Lipinski definition) is 2. The first-order chi connectivity index (χ1) is 9.33. The van der Waals surface area contributed by atoms with Gasteiger partial charge in [0, 0.05) is 18.5 Å². The molecule has 3 atom stereocenters. The van der Waals surface area contributed by atoms with Crippen LogP contribution in [-0.2, 0) is 0 Å². The molecule has 1 aromatic rings. The van der Waals surface area contributed by atoms with Crippen LogP contribution >= 0.6 is 0 Å². The Bertz CT molecular complexity index is 528. The summed E-state index contributed by atoms with van der Waals surface area (Å²) >= 11 is 0. The molecule has 20 heavy (non-hydrogen) atoms. The maximum atomic E-state index is 13.9. The molecule has 0 aliphatic carbocycles. The molecular weight excluding hydrogens is 258 g/mol. The van der Waals surface area contributed by atoms with Crippen LogP contribution in [0, 0.1) is 34.3 Å². The monoisotopic (exact) mass is 278 g/mol. The van der Waals surface area contributed by atoms with Crippen molar-refractivity contribution in [2.45, 2.75) is 39.2 Å². The first-order valence-electron chi connectivity index (χ1n) is 6.90. The SMILES string of the molecule is CC(C)(C)CC1NCC(c2cccc(F)c2F)C1C#N. The molecule has 4 heteroatoms. The van der Waals surface area contributed by atoms with Gasteiger partial charge in [-0.25, -0.2) is 8.78 Å². The molecule has 1 N–H and O–H groups in total. The zero-order valence-electron chi connectivity index (χ0n) is 12.1. The normalized spacial score (nSPS) is 26.5. The lowest BCUT2D eigenvalue weighted by molar-refractivity contribution is 0.303. The van der Waals surface area contributed by atoms with Gasteiger partial charge in [-0.2, -0.15) is 5.26 Å². The van der Waals surface area contributed by atoms with Gasteiger partial charge < -0.3 is 5.32 Å². The van der Waals surface area contributed by atoms with Gasteiger partial charge in [-0.15, -0.1) is 0 Å². The third-order valence-electron chi connectivity index (χ3n) is 3.83. The zero-order chi connectivity index (χ0) is 14.9. The molecule has 0 radical (unpaired) electrons. The minimum absolute atomic E-state index is 0.0210. The smallest absolute Gasteiger partial charge is 0.162 e. The number of nitrogens with zero attached hydrogens (tertiary/aromatic N) is 1. The molecule has 1 heterocycles. The minimum Gasteiger partial charge on any atom is -0.312 e. The van der Waals surface area contributed by atoms with Gasteiger partial charge in [0.15, 0.2) is 11.6 Å². The van der Waals surface area contributed by atoms with Crippen LogP contribution in [0.15, 0.2) is 18.2 Å². The first kappa shape index (κ1) is 14.9. The maximum absolute atomic E-state index is 13.9. The van der Waals surface area contributed by atoms with Gasteiger partial charge in [-0.05, 0) is 23.5 Å². The van der Waals surface area contributed by atoms with Gasteiger partial charge in [-0.3, -0.25) is 0 Å². The lowest BCUT2D eigenvalue weighted by Gasteiger charge is -2.25. The summed E-state index contributed by atoms with van der Waals surface area (Å²) < 4.78 is 27.3. The second-order valence-corrected chi connectivity index (χ2v) is 6.68. The molecule has 108 valence electrons. The standard InChI is InChI=1S/C16H20F2N2/c1-16(2,3)7-14-11(8-19)12(9-20-14)10-5-4-6-13(17)15(10)18/h4-6,11-12,14,20H,7,9H2,1-3H3. The summed E-state index contributed by atoms with van der Waals surface area (Å²) in [5.74, 6) is -2.29. The number of nitriles is 1. The Hall–Kier alpha value is -1.47. The quantitative estimate of drug-likeness (QED) is 0.897. The van der Waals surface area contributed by atoms with Crippen molar-refractivity contribution < 1.29 is 8.78 Å². The van der Waals surface area contributed by atoms with Crippen molar-refractivity contribution in [3.8, 4) is 6.07 Å². The number of rotatable bonds is 2. The van der Waals surface area contributed by atoms with Crippen LogP contribution < -0.4 is 5.32 Å². The molecule has 0 spiro atoms. The van der Waals surface area contributed by atoms with Crippen LogP contribution in [0.2, 0.25) is 0 Å². The van der Waals surface area contributed by atoms with Crippen LogP contribution in [0.3, 0.4) is 0 Å². The van der Waals surface area contributed by atoms with E-state index in [-0.39, 0.29) is 23.3 Å². The molecule has 1 saturated heterocycles. The third kappa shape index (κ3) is 2.99. The van der Waals surface area contributed by atoms with Crippen LogP contribution in [0.5, 0.6) is 0 Å². The number of benzene rings is 1. The second kappa shape index (κ2) is 5.49. The molecule has 1 aliphatic heterocycles. The number of nitrogens with one attached hydrogen (secondary N) is 1. The molecule has 3 unspecified atom stereocenters. The Balaban J connectivity index is 2.26. The highest BCUT2D eigenvalue weighted by molar-refractivity contribution is 5.28. The zero-order valence-corrected chi connectivity index (χ0v) is 12.1. The summed E-state index contributed by atoms with van der Waals surface area (Å²) in [5, 5.41) is 12.7. The van der Waals surface area contributed by atoms with E-state index < -0.39 is 11.6 Å². The van der Waals surface area contributed by atoms with Crippen molar-refractivity contribution >= 4 is 0 Å². The molecule has 1 aromatic carbocycles. The molecule has 0 bridgehead atoms. The molecule has 2 rings (SSSR count). The Morgan fingerprint density at radius 1 is 1.35 bits per heavy atom. The lowest BCUT2D eigenvalue weighted by atomic mass is 9.79. The molecule has 2 nitrogen and oxygen atoms in total. The lowest BCUT2D eigenvalue weighted by Crippen LogP contribution is -2.31. The summed E-state index contributed by atoms with van der Waals surface area (Å²) in [5.41, 5.74) is 0.391. The molecular formula is C16H20F2N2. The van der Waals surface area contributed by atoms with E-state index in [0.717, 1.165) is 12.5 Å². The van der Waals surface area contributed by atoms with Crippen molar-refractivity contribution in [3.63, 3.8) is 0 Å². The highest BCUT2D eigenvalue weighted by atomic mass is 19.2. The predicted molar refractivity (Wildman–Crippen MR) is 74.1 cm³/mol. The van der Waals surface area contributed by atoms with E-state index in [9.17, 15) is 14.0 Å². The van der Waals surface area contributed by atoms with Gasteiger partial charge in [0.05, 0.1) is 12.0 Å². The van der Waals surface area contributed by atoms with E-state index in [1.54, 1.807) is 6.07 Å². The average molecular weight is 278 g/mol. The summed E-state index contributed by atoms with van der Waals surface area (Å²) in [6, 6.07) is 6.48. The fourth-order valence-corrected chi connectivity index (χ4v) is 2.96. The van der Waals surface area contributed by atoms with Gasteiger partial charge in [0.1, 0.15) is 0 Å². The van der Waals surface area contributed by atoms with Crippen molar-refractivity contribution in [2.75, 3.05) is 6.54 Å². The van der Waals surface area contributed by atoms with Gasteiger partial charge in [0.2, 0.25) is 0 Å². The Kier molecular flexibility index (Phi) is 4.10. The van der Waals surface area contributed by atoms with E-state index in [2.05, 4.69) is 32.2 Å². The molecule has 0 amide bonds. The largest absolute Gasteiger partial charge is 0.312 e. The average Bonchev–Trinajstić information content (AvgIpc) is 2.73. The predicted octanol–water partition coefficient (Wildman–Crippen LogP) is 3.60. The summed E-state index contributed by atoms with van der Waals surface area (Å²) in [4.78, 5) is 0. The van der Waals surface area contributed by atoms with E-state index in [1.165, 1.54) is 6.07 Å². The number of hydrogen-bond donors (Lipinski definition) is 1. The van der Waals surface area contributed by atoms with E-state index in [0.29, 0.717) is 12.1 Å². The first-order valence-corrected chi connectivity index (χ1v) is 6.90. The molecule has 1 fully saturated rings. The highest BCUT2D eigenvalue weighted by Crippen LogP contribution is 2.37. The second-order valence-electron chi connectivity index (χ2n) is 6.68. The van der Waals surface area contributed by atoms with Crippen LogP contribution in [0.1, 0.15) is 38.7 Å². The van der Waals surface area contributed by atoms with E-state index >= 15 is 0 Å². The highest BCUT2D eigenvalue weighted by Gasteiger charge is 2.39. The van der Waals surface area contributed by atoms with Crippen LogP contribution in [0.25, 0.3) is 0 Å². The van der Waals surface area contributed by atoms with Crippen molar-refractivity contribution in [3.05, 3.63) is 35.4 Å². The van der Waals surface area contributed by atoms with Crippen LogP contribution in [0.4, 0.5) is 8.78 Å². The molecule has 0 saturated carbocycles. The third-order valence-corrected chi connectivity index (χ3v) is 3.83. The van der Waals surface area contributed by atoms with Crippen LogP contribution in [-0.4, -0.2) is 12.6 Å². The summed E-state index contributed by atoms with van der Waals surface area (Å²) in [6.45, 7) is 6.84. The topological polar surface area (TPSA) is 35.8 Å².